The van der Waals surface area contributed by atoms with Gasteiger partial charge >= 0.3 is 6.18 Å². The summed E-state index contributed by atoms with van der Waals surface area (Å²) in [5, 5.41) is 0. The second kappa shape index (κ2) is 5.41. The second-order valence-electron chi connectivity index (χ2n) is 4.52. The standard InChI is InChI=1S/C13H13ClF3NO/c14-8-11-2-1-7-18(11)12(19)9-3-5-10(6-4-9)13(15,16)17/h3-6,11H,1-2,7-8H2. The molecule has 0 radical (unpaired) electrons. The van der Waals surface area contributed by atoms with Crippen molar-refractivity contribution < 1.29 is 18.0 Å². The molecular weight excluding hydrogens is 279 g/mol. The predicted octanol–water partition coefficient (Wildman–Crippen LogP) is 3.55. The molecule has 104 valence electrons. The summed E-state index contributed by atoms with van der Waals surface area (Å²) < 4.78 is 37.3. The highest BCUT2D eigenvalue weighted by atomic mass is 35.5. The van der Waals surface area contributed by atoms with Crippen molar-refractivity contribution >= 4 is 17.5 Å². The summed E-state index contributed by atoms with van der Waals surface area (Å²) in [6, 6.07) is 4.28. The quantitative estimate of drug-likeness (QED) is 0.763. The van der Waals surface area contributed by atoms with E-state index in [0.29, 0.717) is 12.4 Å². The molecule has 1 aliphatic rings. The molecule has 1 fully saturated rings. The molecule has 0 saturated carbocycles. The van der Waals surface area contributed by atoms with Gasteiger partial charge < -0.3 is 4.90 Å². The van der Waals surface area contributed by atoms with Crippen LogP contribution < -0.4 is 0 Å². The van der Waals surface area contributed by atoms with Gasteiger partial charge in [0.15, 0.2) is 0 Å². The molecule has 1 aromatic rings. The van der Waals surface area contributed by atoms with E-state index in [9.17, 15) is 18.0 Å². The van der Waals surface area contributed by atoms with Crippen LogP contribution in [0.2, 0.25) is 0 Å². The first-order chi connectivity index (χ1) is 8.93. The number of hydrogen-bond donors (Lipinski definition) is 0. The number of carbonyl (C=O) groups is 1. The van der Waals surface area contributed by atoms with E-state index in [-0.39, 0.29) is 17.5 Å². The van der Waals surface area contributed by atoms with Crippen molar-refractivity contribution in [2.75, 3.05) is 12.4 Å². The van der Waals surface area contributed by atoms with E-state index in [0.717, 1.165) is 25.0 Å². The number of amides is 1. The van der Waals surface area contributed by atoms with Crippen LogP contribution in [-0.4, -0.2) is 29.3 Å². The Bertz CT molecular complexity index is 458. The number of rotatable bonds is 2. The number of hydrogen-bond acceptors (Lipinski definition) is 1. The fourth-order valence-electron chi connectivity index (χ4n) is 2.23. The maximum atomic E-state index is 12.4. The highest BCUT2D eigenvalue weighted by Crippen LogP contribution is 2.29. The molecule has 1 aliphatic heterocycles. The number of likely N-dealkylation sites (tertiary alicyclic amines) is 1. The van der Waals surface area contributed by atoms with E-state index in [2.05, 4.69) is 0 Å². The lowest BCUT2D eigenvalue weighted by atomic mass is 10.1. The molecule has 1 unspecified atom stereocenters. The topological polar surface area (TPSA) is 20.3 Å². The first-order valence-corrected chi connectivity index (χ1v) is 6.51. The third-order valence-electron chi connectivity index (χ3n) is 3.28. The Morgan fingerprint density at radius 3 is 2.47 bits per heavy atom. The Balaban J connectivity index is 2.16. The van der Waals surface area contributed by atoms with Gasteiger partial charge in [-0.05, 0) is 37.1 Å². The number of carbonyl (C=O) groups excluding carboxylic acids is 1. The summed E-state index contributed by atoms with van der Waals surface area (Å²) in [5.41, 5.74) is -0.482. The van der Waals surface area contributed by atoms with Crippen molar-refractivity contribution in [1.29, 1.82) is 0 Å². The predicted molar refractivity (Wildman–Crippen MR) is 66.2 cm³/mol. The largest absolute Gasteiger partial charge is 0.416 e. The van der Waals surface area contributed by atoms with Gasteiger partial charge in [0, 0.05) is 24.0 Å². The molecule has 1 aromatic carbocycles. The van der Waals surface area contributed by atoms with E-state index in [1.165, 1.54) is 12.1 Å². The summed E-state index contributed by atoms with van der Waals surface area (Å²) in [6.07, 6.45) is -2.66. The highest BCUT2D eigenvalue weighted by molar-refractivity contribution is 6.18. The average Bonchev–Trinajstić information content (AvgIpc) is 2.85. The molecular formula is C13H13ClF3NO. The maximum Gasteiger partial charge on any atom is 0.416 e. The Morgan fingerprint density at radius 2 is 1.95 bits per heavy atom. The zero-order valence-electron chi connectivity index (χ0n) is 10.1. The van der Waals surface area contributed by atoms with Crippen LogP contribution in [0.15, 0.2) is 24.3 Å². The third kappa shape index (κ3) is 3.03. The number of halogens is 4. The summed E-state index contributed by atoms with van der Waals surface area (Å²) in [6.45, 7) is 0.608. The number of nitrogens with zero attached hydrogens (tertiary/aromatic N) is 1. The molecule has 0 spiro atoms. The first-order valence-electron chi connectivity index (χ1n) is 5.97. The zero-order valence-corrected chi connectivity index (χ0v) is 10.8. The van der Waals surface area contributed by atoms with Crippen LogP contribution in [0.5, 0.6) is 0 Å². The normalized spacial score (nSPS) is 19.8. The Hall–Kier alpha value is -1.23. The lowest BCUT2D eigenvalue weighted by Crippen LogP contribution is -2.36. The molecule has 1 heterocycles. The van der Waals surface area contributed by atoms with Crippen molar-refractivity contribution in [3.05, 3.63) is 35.4 Å². The molecule has 0 aliphatic carbocycles. The Labute approximate surface area is 114 Å². The fraction of sp³-hybridized carbons (Fsp3) is 0.462. The van der Waals surface area contributed by atoms with E-state index >= 15 is 0 Å². The molecule has 0 bridgehead atoms. The molecule has 1 saturated heterocycles. The Kier molecular flexibility index (Phi) is 4.04. The van der Waals surface area contributed by atoms with Gasteiger partial charge in [0.2, 0.25) is 0 Å². The lowest BCUT2D eigenvalue weighted by Gasteiger charge is -2.23. The molecule has 1 atom stereocenters. The van der Waals surface area contributed by atoms with Crippen molar-refractivity contribution in [3.8, 4) is 0 Å². The van der Waals surface area contributed by atoms with Gasteiger partial charge in [0.05, 0.1) is 5.56 Å². The third-order valence-corrected chi connectivity index (χ3v) is 3.63. The smallest absolute Gasteiger partial charge is 0.334 e. The van der Waals surface area contributed by atoms with Gasteiger partial charge in [0.25, 0.3) is 5.91 Å². The van der Waals surface area contributed by atoms with Crippen molar-refractivity contribution in [3.63, 3.8) is 0 Å². The molecule has 2 rings (SSSR count). The van der Waals surface area contributed by atoms with Crippen LogP contribution in [0.4, 0.5) is 13.2 Å². The van der Waals surface area contributed by atoms with Crippen LogP contribution in [0.3, 0.4) is 0 Å². The van der Waals surface area contributed by atoms with E-state index in [1.54, 1.807) is 4.90 Å². The molecule has 0 N–H and O–H groups in total. The van der Waals surface area contributed by atoms with Crippen LogP contribution >= 0.6 is 11.6 Å². The van der Waals surface area contributed by atoms with Gasteiger partial charge in [-0.1, -0.05) is 0 Å². The molecule has 1 amide bonds. The average molecular weight is 292 g/mol. The minimum Gasteiger partial charge on any atom is -0.334 e. The van der Waals surface area contributed by atoms with Crippen molar-refractivity contribution in [2.24, 2.45) is 0 Å². The van der Waals surface area contributed by atoms with Gasteiger partial charge in [-0.15, -0.1) is 11.6 Å². The van der Waals surface area contributed by atoms with Gasteiger partial charge in [-0.3, -0.25) is 4.79 Å². The van der Waals surface area contributed by atoms with Crippen molar-refractivity contribution in [2.45, 2.75) is 25.1 Å². The maximum absolute atomic E-state index is 12.4. The van der Waals surface area contributed by atoms with Crippen LogP contribution in [-0.2, 0) is 6.18 Å². The van der Waals surface area contributed by atoms with Gasteiger partial charge in [-0.2, -0.15) is 13.2 Å². The first kappa shape index (κ1) is 14.2. The number of benzene rings is 1. The van der Waals surface area contributed by atoms with Crippen LogP contribution in [0.1, 0.15) is 28.8 Å². The Morgan fingerprint density at radius 1 is 1.32 bits per heavy atom. The fourth-order valence-corrected chi connectivity index (χ4v) is 2.55. The van der Waals surface area contributed by atoms with Gasteiger partial charge in [-0.25, -0.2) is 0 Å². The van der Waals surface area contributed by atoms with Crippen molar-refractivity contribution in [1.82, 2.24) is 4.90 Å². The SMILES string of the molecule is O=C(c1ccc(C(F)(F)F)cc1)N1CCCC1CCl. The summed E-state index contributed by atoms with van der Waals surface area (Å²) >= 11 is 5.78. The summed E-state index contributed by atoms with van der Waals surface area (Å²) in [7, 11) is 0. The number of alkyl halides is 4. The van der Waals surface area contributed by atoms with E-state index in [4.69, 9.17) is 11.6 Å². The highest BCUT2D eigenvalue weighted by Gasteiger charge is 2.32. The molecule has 2 nitrogen and oxygen atoms in total. The molecule has 19 heavy (non-hydrogen) atoms. The van der Waals surface area contributed by atoms with Gasteiger partial charge in [0.1, 0.15) is 0 Å². The minimum absolute atomic E-state index is 0.0172. The minimum atomic E-state index is -4.38. The summed E-state index contributed by atoms with van der Waals surface area (Å²) in [4.78, 5) is 13.8. The van der Waals surface area contributed by atoms with Crippen LogP contribution in [0, 0.1) is 0 Å². The monoisotopic (exact) mass is 291 g/mol. The van der Waals surface area contributed by atoms with E-state index in [1.807, 2.05) is 0 Å². The molecule has 0 aromatic heterocycles. The van der Waals surface area contributed by atoms with Crippen LogP contribution in [0.25, 0.3) is 0 Å². The van der Waals surface area contributed by atoms with E-state index < -0.39 is 11.7 Å². The lowest BCUT2D eigenvalue weighted by molar-refractivity contribution is -0.137. The second-order valence-corrected chi connectivity index (χ2v) is 4.83. The molecule has 6 heteroatoms. The summed E-state index contributed by atoms with van der Waals surface area (Å²) in [5.74, 6) is 0.101. The zero-order chi connectivity index (χ0) is 14.0.